The summed E-state index contributed by atoms with van der Waals surface area (Å²) in [5, 5.41) is 11.9. The summed E-state index contributed by atoms with van der Waals surface area (Å²) >= 11 is 0. The molecule has 0 aromatic heterocycles. The van der Waals surface area contributed by atoms with Gasteiger partial charge in [0.25, 0.3) is 0 Å². The number of rotatable bonds is 13. The van der Waals surface area contributed by atoms with Gasteiger partial charge in [-0.05, 0) is 116 Å². The van der Waals surface area contributed by atoms with Crippen molar-refractivity contribution in [2.45, 2.75) is 93.9 Å². The van der Waals surface area contributed by atoms with Crippen LogP contribution in [0.5, 0.6) is 11.5 Å². The Hall–Kier alpha value is -3.67. The minimum absolute atomic E-state index is 0.143. The molecule has 1 aromatic carbocycles. The maximum Gasteiger partial charge on any atom is 0.184 e. The van der Waals surface area contributed by atoms with Crippen molar-refractivity contribution in [3.05, 3.63) is 76.9 Å². The lowest BCUT2D eigenvalue weighted by atomic mass is 9.38. The Labute approximate surface area is 276 Å². The van der Waals surface area contributed by atoms with Gasteiger partial charge < -0.3 is 14.6 Å². The van der Waals surface area contributed by atoms with E-state index in [0.717, 1.165) is 28.7 Å². The first-order chi connectivity index (χ1) is 21.4. The zero-order chi connectivity index (χ0) is 34.8. The summed E-state index contributed by atoms with van der Waals surface area (Å²) in [5.41, 5.74) is 0.0195. The lowest BCUT2D eigenvalue weighted by Crippen LogP contribution is -2.69. The first kappa shape index (κ1) is 36.8. The Morgan fingerprint density at radius 3 is 2.09 bits per heavy atom. The van der Waals surface area contributed by atoms with Crippen LogP contribution in [0.1, 0.15) is 99.5 Å². The summed E-state index contributed by atoms with van der Waals surface area (Å²) < 4.78 is 10.8. The van der Waals surface area contributed by atoms with E-state index in [2.05, 4.69) is 19.2 Å². The van der Waals surface area contributed by atoms with Crippen molar-refractivity contribution in [3.63, 3.8) is 0 Å². The van der Waals surface area contributed by atoms with Gasteiger partial charge in [-0.15, -0.1) is 6.58 Å². The highest BCUT2D eigenvalue weighted by atomic mass is 16.5. The maximum absolute atomic E-state index is 15.3. The van der Waals surface area contributed by atoms with Gasteiger partial charge in [-0.1, -0.05) is 54.9 Å². The van der Waals surface area contributed by atoms with Crippen LogP contribution in [0, 0.1) is 28.1 Å². The number of hydrogen-bond donors (Lipinski definition) is 1. The number of benzene rings is 1. The Balaban J connectivity index is 2.46. The number of hydrogen-bond acceptors (Lipinski definition) is 6. The number of Topliss-reactive ketones (excluding diaryl/α,β-unsaturated/α-hetero) is 3. The van der Waals surface area contributed by atoms with Gasteiger partial charge in [0.1, 0.15) is 16.7 Å². The van der Waals surface area contributed by atoms with Crippen LogP contribution in [0.4, 0.5) is 0 Å². The van der Waals surface area contributed by atoms with Gasteiger partial charge >= 0.3 is 0 Å². The van der Waals surface area contributed by atoms with Gasteiger partial charge in [-0.3, -0.25) is 14.4 Å². The molecule has 2 aliphatic carbocycles. The van der Waals surface area contributed by atoms with Crippen molar-refractivity contribution in [2.24, 2.45) is 28.1 Å². The summed E-state index contributed by atoms with van der Waals surface area (Å²) in [6, 6.07) is 4.77. The Morgan fingerprint density at radius 1 is 0.957 bits per heavy atom. The predicted octanol–water partition coefficient (Wildman–Crippen LogP) is 9.36. The molecule has 46 heavy (non-hydrogen) atoms. The third-order valence-electron chi connectivity index (χ3n) is 10.5. The van der Waals surface area contributed by atoms with E-state index in [1.807, 2.05) is 61.5 Å². The van der Waals surface area contributed by atoms with Crippen LogP contribution < -0.4 is 9.47 Å². The van der Waals surface area contributed by atoms with E-state index in [9.17, 15) is 5.11 Å². The van der Waals surface area contributed by atoms with Gasteiger partial charge in [0.05, 0.1) is 19.6 Å². The van der Waals surface area contributed by atoms with Crippen molar-refractivity contribution in [2.75, 3.05) is 14.2 Å². The standard InChI is InChI=1S/C40H54O6/c1-24(2)13-15-29(27(7)8)22-39-23-30(17-14-25(3)4)38(9,10)40(37(39)44,20-19-26(5)6)36(43)33(35(39)42)34(41)28-16-18-31(45-11)32(21-28)46-12/h14,16,18-19,21,29-30,41H,1,7,13,15,17,20,22-23H2,2-6,8-12H3/b34-33-/t29-,30-,39+,40-/m1/s1. The van der Waals surface area contributed by atoms with Crippen molar-refractivity contribution in [3.8, 4) is 11.5 Å². The second kappa shape index (κ2) is 14.0. The smallest absolute Gasteiger partial charge is 0.184 e. The number of aliphatic hydroxyl groups is 1. The van der Waals surface area contributed by atoms with E-state index >= 15 is 14.4 Å². The normalized spacial score (nSPS) is 25.3. The fourth-order valence-corrected chi connectivity index (χ4v) is 7.50. The fraction of sp³-hybridized carbons (Fsp3) is 0.525. The molecule has 0 unspecified atom stereocenters. The topological polar surface area (TPSA) is 89.9 Å². The van der Waals surface area contributed by atoms with E-state index in [1.165, 1.54) is 14.2 Å². The van der Waals surface area contributed by atoms with E-state index < -0.39 is 33.6 Å². The zero-order valence-corrected chi connectivity index (χ0v) is 29.7. The molecule has 2 aliphatic rings. The highest BCUT2D eigenvalue weighted by Gasteiger charge is 2.74. The molecule has 250 valence electrons. The first-order valence-electron chi connectivity index (χ1n) is 16.3. The monoisotopic (exact) mass is 630 g/mol. The molecule has 0 saturated heterocycles. The molecule has 0 aliphatic heterocycles. The largest absolute Gasteiger partial charge is 0.506 e. The fourth-order valence-electron chi connectivity index (χ4n) is 7.50. The Kier molecular flexibility index (Phi) is 11.2. The number of carbonyl (C=O) groups is 3. The molecule has 2 bridgehead atoms. The maximum atomic E-state index is 15.3. The summed E-state index contributed by atoms with van der Waals surface area (Å²) in [5.74, 6) is -1.48. The molecule has 6 heteroatoms. The average molecular weight is 631 g/mol. The summed E-state index contributed by atoms with van der Waals surface area (Å²) in [4.78, 5) is 45.4. The van der Waals surface area contributed by atoms with Crippen molar-refractivity contribution >= 4 is 23.1 Å². The average Bonchev–Trinajstić information content (AvgIpc) is 2.98. The number of methoxy groups -OCH3 is 2. The lowest BCUT2D eigenvalue weighted by Gasteiger charge is -2.60. The SMILES string of the molecule is C=C(C)CC[C@H](C[C@]12C[C@@H](CC=C(C)C)C(C)(C)[C@](CC=C(C)C)(C(=O)/C(=C(\O)c3ccc(OC)c(OC)c3)C1=O)C2=O)C(=C)C. The molecular weight excluding hydrogens is 576 g/mol. The third kappa shape index (κ3) is 6.45. The van der Waals surface area contributed by atoms with E-state index in [0.29, 0.717) is 24.3 Å². The molecule has 6 nitrogen and oxygen atoms in total. The van der Waals surface area contributed by atoms with Gasteiger partial charge in [0.15, 0.2) is 28.8 Å². The number of ketones is 3. The molecular formula is C40H54O6. The predicted molar refractivity (Wildman–Crippen MR) is 186 cm³/mol. The molecule has 1 aromatic rings. The Morgan fingerprint density at radius 2 is 1.57 bits per heavy atom. The molecule has 0 radical (unpaired) electrons. The van der Waals surface area contributed by atoms with Crippen LogP contribution in [0.25, 0.3) is 5.76 Å². The number of aliphatic hydroxyl groups excluding tert-OH is 1. The van der Waals surface area contributed by atoms with Gasteiger partial charge in [-0.25, -0.2) is 0 Å². The van der Waals surface area contributed by atoms with Crippen molar-refractivity contribution in [1.82, 2.24) is 0 Å². The highest BCUT2D eigenvalue weighted by molar-refractivity contribution is 6.41. The number of carbonyl (C=O) groups excluding carboxylic acids is 3. The molecule has 0 heterocycles. The second-order valence-electron chi connectivity index (χ2n) is 14.6. The zero-order valence-electron chi connectivity index (χ0n) is 29.7. The molecule has 2 fully saturated rings. The van der Waals surface area contributed by atoms with Gasteiger partial charge in [0.2, 0.25) is 0 Å². The quantitative estimate of drug-likeness (QED) is 0.0768. The number of allylic oxidation sites excluding steroid dienone is 7. The van der Waals surface area contributed by atoms with Crippen LogP contribution in [-0.2, 0) is 14.4 Å². The highest BCUT2D eigenvalue weighted by Crippen LogP contribution is 2.66. The van der Waals surface area contributed by atoms with E-state index in [-0.39, 0.29) is 48.0 Å². The van der Waals surface area contributed by atoms with Crippen LogP contribution in [0.2, 0.25) is 0 Å². The third-order valence-corrected chi connectivity index (χ3v) is 10.5. The second-order valence-corrected chi connectivity index (χ2v) is 14.6. The van der Waals surface area contributed by atoms with Crippen molar-refractivity contribution < 1.29 is 29.0 Å². The molecule has 0 spiro atoms. The minimum Gasteiger partial charge on any atom is -0.506 e. The van der Waals surface area contributed by atoms with E-state index in [1.54, 1.807) is 18.2 Å². The van der Waals surface area contributed by atoms with E-state index in [4.69, 9.17) is 9.47 Å². The Bertz CT molecular complexity index is 1510. The first-order valence-corrected chi connectivity index (χ1v) is 16.3. The lowest BCUT2D eigenvalue weighted by molar-refractivity contribution is -0.177. The molecule has 4 atom stereocenters. The molecule has 3 rings (SSSR count). The summed E-state index contributed by atoms with van der Waals surface area (Å²) in [7, 11) is 2.99. The number of fused-ring (bicyclic) bond motifs is 2. The van der Waals surface area contributed by atoms with Crippen molar-refractivity contribution in [1.29, 1.82) is 0 Å². The summed E-state index contributed by atoms with van der Waals surface area (Å²) in [6.45, 7) is 24.2. The number of ether oxygens (including phenoxy) is 2. The van der Waals surface area contributed by atoms with Gasteiger partial charge in [0, 0.05) is 5.56 Å². The molecule has 0 amide bonds. The molecule has 2 saturated carbocycles. The minimum atomic E-state index is -1.57. The van der Waals surface area contributed by atoms with Crippen LogP contribution in [0.15, 0.2) is 71.4 Å². The van der Waals surface area contributed by atoms with Crippen LogP contribution >= 0.6 is 0 Å². The van der Waals surface area contributed by atoms with Gasteiger partial charge in [-0.2, -0.15) is 0 Å². The summed E-state index contributed by atoms with van der Waals surface area (Å²) in [6.07, 6.45) is 6.77. The van der Waals surface area contributed by atoms with Crippen LogP contribution in [-0.4, -0.2) is 36.7 Å². The van der Waals surface area contributed by atoms with Crippen LogP contribution in [0.3, 0.4) is 0 Å². The molecule has 1 N–H and O–H groups in total.